The van der Waals surface area contributed by atoms with Crippen molar-refractivity contribution >= 4 is 18.3 Å². The number of benzene rings is 1. The number of fused-ring (bicyclic) bond motifs is 1. The molecule has 2 saturated heterocycles. The van der Waals surface area contributed by atoms with Gasteiger partial charge in [0.05, 0.1) is 18.1 Å². The first-order valence-corrected chi connectivity index (χ1v) is 8.31. The van der Waals surface area contributed by atoms with E-state index in [9.17, 15) is 4.79 Å². The van der Waals surface area contributed by atoms with Crippen molar-refractivity contribution in [1.29, 1.82) is 0 Å². The smallest absolute Gasteiger partial charge is 0.231 e. The molecule has 3 fully saturated rings. The summed E-state index contributed by atoms with van der Waals surface area (Å²) in [7, 11) is 1.70. The summed E-state index contributed by atoms with van der Waals surface area (Å²) in [6.07, 6.45) is 1.95. The van der Waals surface area contributed by atoms with Crippen molar-refractivity contribution in [3.05, 3.63) is 35.9 Å². The van der Waals surface area contributed by atoms with Crippen molar-refractivity contribution in [3.8, 4) is 0 Å². The number of likely N-dealkylation sites (tertiary alicyclic amines) is 1. The fourth-order valence-electron chi connectivity index (χ4n) is 4.36. The molecule has 4 nitrogen and oxygen atoms in total. The number of rotatable bonds is 4. The normalized spacial score (nSPS) is 30.7. The van der Waals surface area contributed by atoms with Gasteiger partial charge in [0.25, 0.3) is 0 Å². The average Bonchev–Trinajstić information content (AvgIpc) is 3.04. The summed E-state index contributed by atoms with van der Waals surface area (Å²) in [4.78, 5) is 15.3. The van der Waals surface area contributed by atoms with Gasteiger partial charge < -0.3 is 15.0 Å². The van der Waals surface area contributed by atoms with Crippen LogP contribution in [0.5, 0.6) is 0 Å². The number of amides is 1. The molecule has 3 atom stereocenters. The molecule has 1 N–H and O–H groups in total. The van der Waals surface area contributed by atoms with Crippen LogP contribution in [0.3, 0.4) is 0 Å². The molecule has 0 unspecified atom stereocenters. The molecular formula is C18H25ClN2O2. The molecule has 0 spiro atoms. The van der Waals surface area contributed by atoms with Gasteiger partial charge in [0.1, 0.15) is 0 Å². The maximum atomic E-state index is 13.2. The monoisotopic (exact) mass is 336 g/mol. The molecule has 2 heterocycles. The van der Waals surface area contributed by atoms with Gasteiger partial charge >= 0.3 is 0 Å². The van der Waals surface area contributed by atoms with Crippen LogP contribution < -0.4 is 5.32 Å². The van der Waals surface area contributed by atoms with E-state index in [0.717, 1.165) is 32.5 Å². The lowest BCUT2D eigenvalue weighted by atomic mass is 9.89. The first kappa shape index (κ1) is 16.7. The third-order valence-corrected chi connectivity index (χ3v) is 5.69. The van der Waals surface area contributed by atoms with Crippen molar-refractivity contribution in [2.75, 3.05) is 33.4 Å². The summed E-state index contributed by atoms with van der Waals surface area (Å²) in [5.41, 5.74) is 1.05. The van der Waals surface area contributed by atoms with Gasteiger partial charge in [-0.15, -0.1) is 12.4 Å². The number of halogens is 1. The molecule has 3 aliphatic rings. The summed E-state index contributed by atoms with van der Waals surface area (Å²) >= 11 is 0. The van der Waals surface area contributed by atoms with Crippen LogP contribution >= 0.6 is 12.4 Å². The summed E-state index contributed by atoms with van der Waals surface area (Å²) in [6, 6.07) is 10.8. The second kappa shape index (κ2) is 6.42. The topological polar surface area (TPSA) is 41.6 Å². The first-order valence-electron chi connectivity index (χ1n) is 8.31. The van der Waals surface area contributed by atoms with E-state index >= 15 is 0 Å². The van der Waals surface area contributed by atoms with Crippen LogP contribution in [0, 0.1) is 17.3 Å². The van der Waals surface area contributed by atoms with Crippen LogP contribution in [-0.2, 0) is 9.53 Å². The zero-order chi connectivity index (χ0) is 15.2. The van der Waals surface area contributed by atoms with Crippen molar-refractivity contribution < 1.29 is 9.53 Å². The molecule has 5 heteroatoms. The SMILES string of the molecule is COCC1(C(=O)N2C[C@@H]3CNC[C@@H]3[C@H]2c2ccccc2)CC1.Cl. The van der Waals surface area contributed by atoms with E-state index in [1.165, 1.54) is 5.56 Å². The van der Waals surface area contributed by atoms with Crippen LogP contribution in [0.1, 0.15) is 24.4 Å². The van der Waals surface area contributed by atoms with E-state index in [1.807, 2.05) is 6.07 Å². The fourth-order valence-corrected chi connectivity index (χ4v) is 4.36. The maximum absolute atomic E-state index is 13.2. The molecule has 1 amide bonds. The average molecular weight is 337 g/mol. The second-order valence-corrected chi connectivity index (χ2v) is 7.11. The minimum Gasteiger partial charge on any atom is -0.384 e. The van der Waals surface area contributed by atoms with Crippen LogP contribution in [0.4, 0.5) is 0 Å². The quantitative estimate of drug-likeness (QED) is 0.917. The van der Waals surface area contributed by atoms with Gasteiger partial charge in [0.2, 0.25) is 5.91 Å². The molecule has 4 rings (SSSR count). The van der Waals surface area contributed by atoms with E-state index < -0.39 is 0 Å². The van der Waals surface area contributed by atoms with Gasteiger partial charge in [-0.25, -0.2) is 0 Å². The number of carbonyl (C=O) groups excluding carboxylic acids is 1. The third-order valence-electron chi connectivity index (χ3n) is 5.69. The predicted octanol–water partition coefficient (Wildman–Crippen LogP) is 2.25. The molecule has 2 aliphatic heterocycles. The first-order chi connectivity index (χ1) is 10.7. The Bertz CT molecular complexity index is 561. The Kier molecular flexibility index (Phi) is 4.68. The van der Waals surface area contributed by atoms with Crippen molar-refractivity contribution in [3.63, 3.8) is 0 Å². The molecule has 1 saturated carbocycles. The molecule has 1 aliphatic carbocycles. The predicted molar refractivity (Wildman–Crippen MR) is 91.5 cm³/mol. The number of ether oxygens (including phenoxy) is 1. The summed E-state index contributed by atoms with van der Waals surface area (Å²) in [6.45, 7) is 3.51. The minimum absolute atomic E-state index is 0. The zero-order valence-electron chi connectivity index (χ0n) is 13.5. The Balaban J connectivity index is 0.00000156. The largest absolute Gasteiger partial charge is 0.384 e. The molecule has 126 valence electrons. The number of methoxy groups -OCH3 is 1. The molecule has 0 bridgehead atoms. The van der Waals surface area contributed by atoms with E-state index in [0.29, 0.717) is 24.3 Å². The zero-order valence-corrected chi connectivity index (χ0v) is 14.3. The Morgan fingerprint density at radius 2 is 2.04 bits per heavy atom. The number of carbonyl (C=O) groups is 1. The Morgan fingerprint density at radius 1 is 1.30 bits per heavy atom. The van der Waals surface area contributed by atoms with Crippen LogP contribution in [-0.4, -0.2) is 44.2 Å². The Morgan fingerprint density at radius 3 is 2.70 bits per heavy atom. The fraction of sp³-hybridized carbons (Fsp3) is 0.611. The lowest BCUT2D eigenvalue weighted by Crippen LogP contribution is -2.41. The van der Waals surface area contributed by atoms with Gasteiger partial charge in [-0.1, -0.05) is 30.3 Å². The minimum atomic E-state index is -0.228. The van der Waals surface area contributed by atoms with Crippen LogP contribution in [0.2, 0.25) is 0 Å². The highest BCUT2D eigenvalue weighted by atomic mass is 35.5. The van der Waals surface area contributed by atoms with Gasteiger partial charge in [-0.3, -0.25) is 4.79 Å². The van der Waals surface area contributed by atoms with Crippen molar-refractivity contribution in [2.45, 2.75) is 18.9 Å². The highest BCUT2D eigenvalue weighted by Crippen LogP contribution is 2.52. The molecule has 1 aromatic rings. The maximum Gasteiger partial charge on any atom is 0.231 e. The molecule has 1 aromatic carbocycles. The number of nitrogens with one attached hydrogen (secondary N) is 1. The summed E-state index contributed by atoms with van der Waals surface area (Å²) < 4.78 is 5.32. The van der Waals surface area contributed by atoms with Crippen molar-refractivity contribution in [1.82, 2.24) is 10.2 Å². The standard InChI is InChI=1S/C18H24N2O2.ClH/c1-22-12-18(7-8-18)17(21)20-11-14-9-19-10-15(14)16(20)13-5-3-2-4-6-13;/h2-6,14-16,19H,7-12H2,1H3;1H/t14-,15-,16+;/m0./s1. The van der Waals surface area contributed by atoms with Gasteiger partial charge in [0, 0.05) is 32.7 Å². The molecule has 0 radical (unpaired) electrons. The third kappa shape index (κ3) is 2.77. The number of hydrogen-bond donors (Lipinski definition) is 1. The lowest BCUT2D eigenvalue weighted by Gasteiger charge is -2.31. The van der Waals surface area contributed by atoms with E-state index in [2.05, 4.69) is 34.5 Å². The number of nitrogens with zero attached hydrogens (tertiary/aromatic N) is 1. The van der Waals surface area contributed by atoms with E-state index in [1.54, 1.807) is 7.11 Å². The van der Waals surface area contributed by atoms with Crippen molar-refractivity contribution in [2.24, 2.45) is 17.3 Å². The second-order valence-electron chi connectivity index (χ2n) is 7.11. The van der Waals surface area contributed by atoms with E-state index in [-0.39, 0.29) is 23.9 Å². The lowest BCUT2D eigenvalue weighted by molar-refractivity contribution is -0.140. The summed E-state index contributed by atoms with van der Waals surface area (Å²) in [5, 5.41) is 3.50. The van der Waals surface area contributed by atoms with Crippen LogP contribution in [0.15, 0.2) is 30.3 Å². The van der Waals surface area contributed by atoms with Gasteiger partial charge in [-0.2, -0.15) is 0 Å². The van der Waals surface area contributed by atoms with Gasteiger partial charge in [-0.05, 0) is 24.3 Å². The molecule has 0 aromatic heterocycles. The Labute approximate surface area is 144 Å². The van der Waals surface area contributed by atoms with E-state index in [4.69, 9.17) is 4.74 Å². The Hall–Kier alpha value is -1.10. The van der Waals surface area contributed by atoms with Crippen LogP contribution in [0.25, 0.3) is 0 Å². The highest BCUT2D eigenvalue weighted by Gasteiger charge is 2.56. The highest BCUT2D eigenvalue weighted by molar-refractivity contribution is 5.86. The number of hydrogen-bond acceptors (Lipinski definition) is 3. The molecular weight excluding hydrogens is 312 g/mol. The summed E-state index contributed by atoms with van der Waals surface area (Å²) in [5.74, 6) is 1.45. The molecule has 23 heavy (non-hydrogen) atoms. The van der Waals surface area contributed by atoms with Gasteiger partial charge in [0.15, 0.2) is 0 Å².